The fourth-order valence-corrected chi connectivity index (χ4v) is 4.75. The van der Waals surface area contributed by atoms with E-state index >= 15 is 0 Å². The third-order valence-electron chi connectivity index (χ3n) is 5.70. The Balaban J connectivity index is 1.43. The highest BCUT2D eigenvalue weighted by Crippen LogP contribution is 2.35. The van der Waals surface area contributed by atoms with Crippen LogP contribution in [0.3, 0.4) is 0 Å². The number of amides is 2. The second-order valence-electron chi connectivity index (χ2n) is 7.97. The Hall–Kier alpha value is -2.93. The topological polar surface area (TPSA) is 59.1 Å². The van der Waals surface area contributed by atoms with Crippen LogP contribution in [0, 0.1) is 6.92 Å². The largest absolute Gasteiger partial charge is 0.496 e. The molecule has 2 heterocycles. The molecule has 0 atom stereocenters. The molecule has 6 nitrogen and oxygen atoms in total. The van der Waals surface area contributed by atoms with E-state index in [9.17, 15) is 9.59 Å². The second-order valence-corrected chi connectivity index (χ2v) is 8.96. The van der Waals surface area contributed by atoms with Crippen molar-refractivity contribution in [1.82, 2.24) is 4.90 Å². The Morgan fingerprint density at radius 1 is 1.03 bits per heavy atom. The lowest BCUT2D eigenvalue weighted by molar-refractivity contribution is -0.123. The number of rotatable bonds is 7. The van der Waals surface area contributed by atoms with Crippen LogP contribution in [0.25, 0.3) is 6.08 Å². The third kappa shape index (κ3) is 5.10. The van der Waals surface area contributed by atoms with Crippen molar-refractivity contribution in [1.29, 1.82) is 0 Å². The van der Waals surface area contributed by atoms with E-state index in [0.717, 1.165) is 47.4 Å². The molecule has 2 amide bonds. The molecule has 0 aliphatic carbocycles. The molecule has 2 saturated heterocycles. The Kier molecular flexibility index (Phi) is 7.05. The lowest BCUT2D eigenvalue weighted by Crippen LogP contribution is -2.32. The summed E-state index contributed by atoms with van der Waals surface area (Å²) in [6, 6.07) is 13.7. The molecule has 0 bridgehead atoms. The number of anilines is 1. The smallest absolute Gasteiger partial charge is 0.293 e. The van der Waals surface area contributed by atoms with Gasteiger partial charge in [-0.15, -0.1) is 0 Å². The molecule has 0 N–H and O–H groups in total. The number of carbonyl (C=O) groups excluding carboxylic acids is 2. The molecule has 0 unspecified atom stereocenters. The van der Waals surface area contributed by atoms with Crippen molar-refractivity contribution in [3.05, 3.63) is 58.5 Å². The van der Waals surface area contributed by atoms with Crippen LogP contribution < -0.4 is 14.4 Å². The summed E-state index contributed by atoms with van der Waals surface area (Å²) in [5.74, 6) is 1.12. The van der Waals surface area contributed by atoms with Gasteiger partial charge < -0.3 is 14.4 Å². The molecule has 0 saturated carbocycles. The molecule has 2 aliphatic heterocycles. The van der Waals surface area contributed by atoms with Crippen LogP contribution in [0.5, 0.6) is 11.5 Å². The van der Waals surface area contributed by atoms with Gasteiger partial charge >= 0.3 is 0 Å². The first-order valence-electron chi connectivity index (χ1n) is 10.9. The summed E-state index contributed by atoms with van der Waals surface area (Å²) < 4.78 is 11.3. The Bertz CT molecular complexity index is 1010. The molecule has 7 heteroatoms. The zero-order chi connectivity index (χ0) is 22.5. The summed E-state index contributed by atoms with van der Waals surface area (Å²) >= 11 is 0.953. The predicted octanol–water partition coefficient (Wildman–Crippen LogP) is 5.11. The number of carbonyl (C=O) groups is 2. The van der Waals surface area contributed by atoms with Crippen molar-refractivity contribution >= 4 is 34.7 Å². The molecule has 2 aliphatic rings. The lowest BCUT2D eigenvalue weighted by Gasteiger charge is -2.29. The summed E-state index contributed by atoms with van der Waals surface area (Å²) in [6.07, 6.45) is 5.41. The Morgan fingerprint density at radius 2 is 1.78 bits per heavy atom. The minimum atomic E-state index is -0.297. The molecule has 2 aromatic rings. The first-order valence-corrected chi connectivity index (χ1v) is 11.7. The summed E-state index contributed by atoms with van der Waals surface area (Å²) in [5.41, 5.74) is 3.06. The van der Waals surface area contributed by atoms with Crippen molar-refractivity contribution < 1.29 is 19.1 Å². The molecule has 0 radical (unpaired) electrons. The third-order valence-corrected chi connectivity index (χ3v) is 6.61. The zero-order valence-electron chi connectivity index (χ0n) is 18.5. The van der Waals surface area contributed by atoms with E-state index in [0.29, 0.717) is 10.7 Å². The van der Waals surface area contributed by atoms with Crippen molar-refractivity contribution in [2.45, 2.75) is 26.2 Å². The number of thioether (sulfide) groups is 1. The minimum Gasteiger partial charge on any atom is -0.496 e. The van der Waals surface area contributed by atoms with Gasteiger partial charge in [-0.05, 0) is 68.3 Å². The number of piperidine rings is 1. The van der Waals surface area contributed by atoms with Gasteiger partial charge in [-0.3, -0.25) is 14.5 Å². The highest BCUT2D eigenvalue weighted by atomic mass is 32.2. The van der Waals surface area contributed by atoms with Crippen LogP contribution in [0.4, 0.5) is 10.5 Å². The fraction of sp³-hybridized carbons (Fsp3) is 0.360. The summed E-state index contributed by atoms with van der Waals surface area (Å²) in [6.45, 7) is 4.56. The van der Waals surface area contributed by atoms with E-state index in [1.165, 1.54) is 24.2 Å². The first-order chi connectivity index (χ1) is 15.5. The van der Waals surface area contributed by atoms with E-state index in [2.05, 4.69) is 11.0 Å². The minimum absolute atomic E-state index is 0.209. The van der Waals surface area contributed by atoms with Gasteiger partial charge in [-0.2, -0.15) is 0 Å². The normalized spacial score (nSPS) is 17.9. The molecule has 2 aromatic carbocycles. The standard InChI is InChI=1S/C25H28N2O4S/c1-18-6-10-21(11-7-18)31-15-14-27-24(28)23(32-25(27)29)16-19-8-9-20(17-22(19)30-2)26-12-4-3-5-13-26/h6-11,16-17H,3-5,12-15H2,1-2H3/b23-16-. The number of nitrogens with zero attached hydrogens (tertiary/aromatic N) is 2. The van der Waals surface area contributed by atoms with Gasteiger partial charge in [-0.25, -0.2) is 0 Å². The zero-order valence-corrected chi connectivity index (χ0v) is 19.3. The van der Waals surface area contributed by atoms with E-state index < -0.39 is 0 Å². The molecule has 32 heavy (non-hydrogen) atoms. The molecule has 2 fully saturated rings. The maximum Gasteiger partial charge on any atom is 0.293 e. The maximum absolute atomic E-state index is 12.8. The molecular weight excluding hydrogens is 424 g/mol. The molecule has 0 aromatic heterocycles. The molecular formula is C25H28N2O4S. The van der Waals surface area contributed by atoms with E-state index in [1.807, 2.05) is 43.3 Å². The number of imide groups is 1. The van der Waals surface area contributed by atoms with Gasteiger partial charge in [0.05, 0.1) is 18.6 Å². The van der Waals surface area contributed by atoms with E-state index in [1.54, 1.807) is 13.2 Å². The predicted molar refractivity (Wildman–Crippen MR) is 128 cm³/mol. The Labute approximate surface area is 193 Å². The van der Waals surface area contributed by atoms with Crippen LogP contribution in [0.15, 0.2) is 47.4 Å². The monoisotopic (exact) mass is 452 g/mol. The van der Waals surface area contributed by atoms with Crippen LogP contribution in [0.1, 0.15) is 30.4 Å². The van der Waals surface area contributed by atoms with Crippen molar-refractivity contribution in [2.75, 3.05) is 38.3 Å². The Morgan fingerprint density at radius 3 is 2.50 bits per heavy atom. The van der Waals surface area contributed by atoms with E-state index in [4.69, 9.17) is 9.47 Å². The molecule has 4 rings (SSSR count). The number of hydrogen-bond acceptors (Lipinski definition) is 6. The highest BCUT2D eigenvalue weighted by Gasteiger charge is 2.35. The average molecular weight is 453 g/mol. The molecule has 168 valence electrons. The van der Waals surface area contributed by atoms with Crippen molar-refractivity contribution in [3.8, 4) is 11.5 Å². The van der Waals surface area contributed by atoms with Crippen LogP contribution in [-0.4, -0.2) is 49.4 Å². The van der Waals surface area contributed by atoms with Crippen LogP contribution in [-0.2, 0) is 4.79 Å². The van der Waals surface area contributed by atoms with Gasteiger partial charge in [0.15, 0.2) is 0 Å². The van der Waals surface area contributed by atoms with Gasteiger partial charge in [0.2, 0.25) is 0 Å². The van der Waals surface area contributed by atoms with Crippen LogP contribution in [0.2, 0.25) is 0 Å². The first kappa shape index (κ1) is 22.3. The SMILES string of the molecule is COc1cc(N2CCCCC2)ccc1/C=C1\SC(=O)N(CCOc2ccc(C)cc2)C1=O. The number of methoxy groups -OCH3 is 1. The van der Waals surface area contributed by atoms with Gasteiger partial charge in [0.25, 0.3) is 11.1 Å². The maximum atomic E-state index is 12.8. The van der Waals surface area contributed by atoms with Crippen molar-refractivity contribution in [2.24, 2.45) is 0 Å². The number of benzene rings is 2. The lowest BCUT2D eigenvalue weighted by atomic mass is 10.1. The summed E-state index contributed by atoms with van der Waals surface area (Å²) in [5, 5.41) is -0.280. The summed E-state index contributed by atoms with van der Waals surface area (Å²) in [7, 11) is 1.63. The van der Waals surface area contributed by atoms with Crippen LogP contribution >= 0.6 is 11.8 Å². The fourth-order valence-electron chi connectivity index (χ4n) is 3.89. The van der Waals surface area contributed by atoms with Gasteiger partial charge in [0, 0.05) is 30.4 Å². The molecule has 0 spiro atoms. The number of aryl methyl sites for hydroxylation is 1. The van der Waals surface area contributed by atoms with Crippen molar-refractivity contribution in [3.63, 3.8) is 0 Å². The van der Waals surface area contributed by atoms with Gasteiger partial charge in [-0.1, -0.05) is 17.7 Å². The number of hydrogen-bond donors (Lipinski definition) is 0. The summed E-state index contributed by atoms with van der Waals surface area (Å²) in [4.78, 5) is 29.2. The van der Waals surface area contributed by atoms with Gasteiger partial charge in [0.1, 0.15) is 18.1 Å². The number of ether oxygens (including phenoxy) is 2. The highest BCUT2D eigenvalue weighted by molar-refractivity contribution is 8.18. The second kappa shape index (κ2) is 10.1. The quantitative estimate of drug-likeness (QED) is 0.544. The average Bonchev–Trinajstić information content (AvgIpc) is 3.08. The van der Waals surface area contributed by atoms with E-state index in [-0.39, 0.29) is 24.3 Å².